The molecule has 1 unspecified atom stereocenters. The number of carboxylic acid groups (broad SMARTS) is 1. The van der Waals surface area contributed by atoms with Gasteiger partial charge in [-0.25, -0.2) is 4.79 Å². The fourth-order valence-corrected chi connectivity index (χ4v) is 3.65. The molecular formula is C20H19NO6. The number of carbonyl (C=O) groups excluding carboxylic acids is 1. The first-order valence-electron chi connectivity index (χ1n) is 8.66. The topological polar surface area (TPSA) is 85.3 Å². The molecule has 0 radical (unpaired) electrons. The number of hydrogen-bond acceptors (Lipinski definition) is 5. The van der Waals surface area contributed by atoms with Gasteiger partial charge in [0.05, 0.1) is 13.2 Å². The highest BCUT2D eigenvalue weighted by molar-refractivity contribution is 5.88. The first kappa shape index (κ1) is 17.2. The monoisotopic (exact) mass is 369 g/mol. The van der Waals surface area contributed by atoms with Gasteiger partial charge in [-0.05, 0) is 41.8 Å². The van der Waals surface area contributed by atoms with E-state index in [9.17, 15) is 14.7 Å². The van der Waals surface area contributed by atoms with Gasteiger partial charge in [0.25, 0.3) is 0 Å². The lowest BCUT2D eigenvalue weighted by atomic mass is 9.95. The average Bonchev–Trinajstić information content (AvgIpc) is 3.29. The highest BCUT2D eigenvalue weighted by Gasteiger charge is 2.41. The van der Waals surface area contributed by atoms with Crippen LogP contribution in [0.15, 0.2) is 42.5 Å². The minimum Gasteiger partial charge on any atom is -0.497 e. The highest BCUT2D eigenvalue weighted by Crippen LogP contribution is 2.40. The summed E-state index contributed by atoms with van der Waals surface area (Å²) < 4.78 is 16.0. The van der Waals surface area contributed by atoms with Crippen LogP contribution in [0.2, 0.25) is 0 Å². The van der Waals surface area contributed by atoms with Gasteiger partial charge in [0.2, 0.25) is 12.7 Å². The summed E-state index contributed by atoms with van der Waals surface area (Å²) in [4.78, 5) is 25.8. The summed E-state index contributed by atoms with van der Waals surface area (Å²) in [6.07, 6.45) is 0.513. The minimum atomic E-state index is -1.000. The Kier molecular flexibility index (Phi) is 4.35. The molecule has 2 atom stereocenters. The Bertz CT molecular complexity index is 879. The van der Waals surface area contributed by atoms with Crippen molar-refractivity contribution >= 4 is 11.9 Å². The van der Waals surface area contributed by atoms with Crippen molar-refractivity contribution in [3.05, 3.63) is 53.6 Å². The Morgan fingerprint density at radius 3 is 2.56 bits per heavy atom. The van der Waals surface area contributed by atoms with Gasteiger partial charge in [-0.2, -0.15) is 0 Å². The Labute approximate surface area is 156 Å². The standard InChI is InChI=1S/C20H19NO6/c1-25-14-5-2-12(3-6-14)19(21-15(20(23)24)7-9-18(21)22)13-4-8-16-17(10-13)27-11-26-16/h2-6,8,10,15,19H,7,9,11H2,1H3,(H,23,24)/t15-,19?/m1/s1. The zero-order chi connectivity index (χ0) is 19.0. The quantitative estimate of drug-likeness (QED) is 0.872. The molecule has 1 N–H and O–H groups in total. The molecule has 1 saturated heterocycles. The number of likely N-dealkylation sites (tertiary alicyclic amines) is 1. The number of nitrogens with zero attached hydrogens (tertiary/aromatic N) is 1. The molecule has 1 amide bonds. The molecule has 0 spiro atoms. The van der Waals surface area contributed by atoms with Crippen LogP contribution in [0, 0.1) is 0 Å². The molecule has 2 aliphatic rings. The number of fused-ring (bicyclic) bond motifs is 1. The largest absolute Gasteiger partial charge is 0.497 e. The Hall–Kier alpha value is -3.22. The Morgan fingerprint density at radius 1 is 1.15 bits per heavy atom. The van der Waals surface area contributed by atoms with Crippen LogP contribution in [0.1, 0.15) is 30.0 Å². The summed E-state index contributed by atoms with van der Waals surface area (Å²) in [7, 11) is 1.58. The third-order valence-corrected chi connectivity index (χ3v) is 4.96. The van der Waals surface area contributed by atoms with Crippen molar-refractivity contribution in [1.82, 2.24) is 4.90 Å². The van der Waals surface area contributed by atoms with Crippen LogP contribution in [-0.2, 0) is 9.59 Å². The lowest BCUT2D eigenvalue weighted by Gasteiger charge is -2.32. The lowest BCUT2D eigenvalue weighted by molar-refractivity contribution is -0.147. The van der Waals surface area contributed by atoms with Crippen molar-refractivity contribution in [2.45, 2.75) is 24.9 Å². The Balaban J connectivity index is 1.81. The number of ether oxygens (including phenoxy) is 3. The summed E-state index contributed by atoms with van der Waals surface area (Å²) >= 11 is 0. The van der Waals surface area contributed by atoms with Gasteiger partial charge in [-0.1, -0.05) is 18.2 Å². The van der Waals surface area contributed by atoms with Crippen molar-refractivity contribution in [1.29, 1.82) is 0 Å². The zero-order valence-corrected chi connectivity index (χ0v) is 14.8. The molecule has 2 aliphatic heterocycles. The van der Waals surface area contributed by atoms with Gasteiger partial charge in [0, 0.05) is 6.42 Å². The van der Waals surface area contributed by atoms with Gasteiger partial charge in [0.1, 0.15) is 11.8 Å². The molecule has 0 bridgehead atoms. The second-order valence-electron chi connectivity index (χ2n) is 6.48. The molecule has 7 heteroatoms. The maximum Gasteiger partial charge on any atom is 0.326 e. The number of hydrogen-bond donors (Lipinski definition) is 1. The maximum absolute atomic E-state index is 12.6. The molecule has 27 heavy (non-hydrogen) atoms. The summed E-state index contributed by atoms with van der Waals surface area (Å²) in [5.74, 6) is 0.728. The Morgan fingerprint density at radius 2 is 1.85 bits per heavy atom. The highest BCUT2D eigenvalue weighted by atomic mass is 16.7. The molecule has 0 saturated carbocycles. The molecule has 140 valence electrons. The first-order chi connectivity index (χ1) is 13.1. The number of rotatable bonds is 5. The molecule has 2 aromatic carbocycles. The lowest BCUT2D eigenvalue weighted by Crippen LogP contribution is -2.41. The maximum atomic E-state index is 12.6. The normalized spacial score (nSPS) is 19.2. The minimum absolute atomic E-state index is 0.145. The second-order valence-corrected chi connectivity index (χ2v) is 6.48. The van der Waals surface area contributed by atoms with E-state index in [1.54, 1.807) is 25.3 Å². The van der Waals surface area contributed by atoms with E-state index in [0.29, 0.717) is 23.7 Å². The number of amides is 1. The van der Waals surface area contributed by atoms with Crippen molar-refractivity contribution in [3.8, 4) is 17.2 Å². The summed E-state index contributed by atoms with van der Waals surface area (Å²) in [6, 6.07) is 11.3. The van der Waals surface area contributed by atoms with Crippen molar-refractivity contribution in [3.63, 3.8) is 0 Å². The SMILES string of the molecule is COc1ccc(C(c2ccc3c(c2)OCO3)N2C(=O)CC[C@@H]2C(=O)O)cc1. The summed E-state index contributed by atoms with van der Waals surface area (Å²) in [6.45, 7) is 0.145. The fourth-order valence-electron chi connectivity index (χ4n) is 3.65. The van der Waals surface area contributed by atoms with Crippen LogP contribution >= 0.6 is 0 Å². The van der Waals surface area contributed by atoms with Gasteiger partial charge < -0.3 is 24.2 Å². The third-order valence-electron chi connectivity index (χ3n) is 4.96. The van der Waals surface area contributed by atoms with Gasteiger partial charge in [-0.15, -0.1) is 0 Å². The molecule has 0 aliphatic carbocycles. The smallest absolute Gasteiger partial charge is 0.326 e. The zero-order valence-electron chi connectivity index (χ0n) is 14.8. The van der Waals surface area contributed by atoms with Gasteiger partial charge in [0.15, 0.2) is 11.5 Å². The predicted octanol–water partition coefficient (Wildman–Crippen LogP) is 2.59. The van der Waals surface area contributed by atoms with E-state index < -0.39 is 18.1 Å². The summed E-state index contributed by atoms with van der Waals surface area (Å²) in [5, 5.41) is 9.62. The summed E-state index contributed by atoms with van der Waals surface area (Å²) in [5.41, 5.74) is 1.57. The molecule has 4 rings (SSSR count). The molecule has 2 heterocycles. The third kappa shape index (κ3) is 3.05. The van der Waals surface area contributed by atoms with Crippen LogP contribution < -0.4 is 14.2 Å². The van der Waals surface area contributed by atoms with Crippen LogP contribution in [0.25, 0.3) is 0 Å². The molecule has 1 fully saturated rings. The molecular weight excluding hydrogens is 350 g/mol. The molecule has 2 aromatic rings. The van der Waals surface area contributed by atoms with E-state index in [0.717, 1.165) is 11.1 Å². The first-order valence-corrected chi connectivity index (χ1v) is 8.66. The van der Waals surface area contributed by atoms with E-state index in [1.807, 2.05) is 24.3 Å². The molecule has 7 nitrogen and oxygen atoms in total. The number of carbonyl (C=O) groups is 2. The average molecular weight is 369 g/mol. The van der Waals surface area contributed by atoms with Crippen molar-refractivity contribution in [2.75, 3.05) is 13.9 Å². The van der Waals surface area contributed by atoms with E-state index in [4.69, 9.17) is 14.2 Å². The van der Waals surface area contributed by atoms with Crippen LogP contribution in [0.3, 0.4) is 0 Å². The van der Waals surface area contributed by atoms with Gasteiger partial charge in [-0.3, -0.25) is 4.79 Å². The van der Waals surface area contributed by atoms with Crippen molar-refractivity contribution in [2.24, 2.45) is 0 Å². The number of methoxy groups -OCH3 is 1. The number of carboxylic acids is 1. The number of benzene rings is 2. The predicted molar refractivity (Wildman–Crippen MR) is 94.9 cm³/mol. The van der Waals surface area contributed by atoms with E-state index in [1.165, 1.54) is 4.90 Å². The molecule has 0 aromatic heterocycles. The van der Waals surface area contributed by atoms with Crippen LogP contribution in [-0.4, -0.2) is 41.8 Å². The van der Waals surface area contributed by atoms with Crippen molar-refractivity contribution < 1.29 is 28.9 Å². The second kappa shape index (κ2) is 6.83. The van der Waals surface area contributed by atoms with Gasteiger partial charge >= 0.3 is 5.97 Å². The van der Waals surface area contributed by atoms with E-state index >= 15 is 0 Å². The van der Waals surface area contributed by atoms with Crippen LogP contribution in [0.5, 0.6) is 17.2 Å². The van der Waals surface area contributed by atoms with Crippen LogP contribution in [0.4, 0.5) is 0 Å². The number of aliphatic carboxylic acids is 1. The van der Waals surface area contributed by atoms with E-state index in [-0.39, 0.29) is 19.1 Å². The van der Waals surface area contributed by atoms with E-state index in [2.05, 4.69) is 0 Å². The fraction of sp³-hybridized carbons (Fsp3) is 0.300.